The molecule has 2 N–H and O–H groups in total. The van der Waals surface area contributed by atoms with Crippen molar-refractivity contribution >= 4 is 16.8 Å². The Bertz CT molecular complexity index is 528. The van der Waals surface area contributed by atoms with Gasteiger partial charge < -0.3 is 10.3 Å². The minimum atomic E-state index is 0.143. The average Bonchev–Trinajstić information content (AvgIpc) is 2.72. The summed E-state index contributed by atoms with van der Waals surface area (Å²) in [5.74, 6) is 0.558. The molecule has 1 heterocycles. The molecule has 1 amide bonds. The summed E-state index contributed by atoms with van der Waals surface area (Å²) in [6, 6.07) is 8.23. The SMILES string of the molecule is CC(C)CC(=O)NCCc1c[nH]c2ccccc12. The first-order chi connectivity index (χ1) is 8.66. The number of carbonyl (C=O) groups excluding carboxylic acids is 1. The normalized spacial score (nSPS) is 11.1. The van der Waals surface area contributed by atoms with E-state index in [9.17, 15) is 4.79 Å². The Hall–Kier alpha value is -1.77. The standard InChI is InChI=1S/C15H20N2O/c1-11(2)9-15(18)16-8-7-12-10-17-14-6-4-3-5-13(12)14/h3-6,10-11,17H,7-9H2,1-2H3,(H,16,18). The van der Waals surface area contributed by atoms with Crippen molar-refractivity contribution in [3.05, 3.63) is 36.0 Å². The molecule has 96 valence electrons. The lowest BCUT2D eigenvalue weighted by atomic mass is 10.1. The molecule has 0 atom stereocenters. The molecule has 1 aromatic heterocycles. The Kier molecular flexibility index (Phi) is 4.03. The maximum atomic E-state index is 11.5. The molecule has 2 aromatic rings. The topological polar surface area (TPSA) is 44.9 Å². The maximum Gasteiger partial charge on any atom is 0.220 e. The highest BCUT2D eigenvalue weighted by Gasteiger charge is 2.05. The van der Waals surface area contributed by atoms with Crippen LogP contribution >= 0.6 is 0 Å². The lowest BCUT2D eigenvalue weighted by Crippen LogP contribution is -2.26. The van der Waals surface area contributed by atoms with Crippen LogP contribution in [0.5, 0.6) is 0 Å². The van der Waals surface area contributed by atoms with Crippen molar-refractivity contribution in [2.45, 2.75) is 26.7 Å². The minimum absolute atomic E-state index is 0.143. The molecule has 0 radical (unpaired) electrons. The summed E-state index contributed by atoms with van der Waals surface area (Å²) in [5, 5.41) is 4.21. The molecule has 0 fully saturated rings. The monoisotopic (exact) mass is 244 g/mol. The third-order valence-corrected chi connectivity index (χ3v) is 2.99. The van der Waals surface area contributed by atoms with Crippen LogP contribution in [0.15, 0.2) is 30.5 Å². The first-order valence-corrected chi connectivity index (χ1v) is 6.48. The Morgan fingerprint density at radius 2 is 2.11 bits per heavy atom. The van der Waals surface area contributed by atoms with E-state index in [0.29, 0.717) is 18.9 Å². The van der Waals surface area contributed by atoms with Crippen LogP contribution < -0.4 is 5.32 Å². The van der Waals surface area contributed by atoms with Crippen molar-refractivity contribution in [1.29, 1.82) is 0 Å². The third kappa shape index (κ3) is 3.13. The second-order valence-corrected chi connectivity index (χ2v) is 5.06. The molecule has 0 aliphatic rings. The number of hydrogen-bond donors (Lipinski definition) is 2. The van der Waals surface area contributed by atoms with Crippen LogP contribution in [0.2, 0.25) is 0 Å². The van der Waals surface area contributed by atoms with Gasteiger partial charge in [-0.1, -0.05) is 32.0 Å². The molecular formula is C15H20N2O. The van der Waals surface area contributed by atoms with Crippen LogP contribution in [-0.2, 0) is 11.2 Å². The van der Waals surface area contributed by atoms with Gasteiger partial charge in [0, 0.05) is 30.1 Å². The molecular weight excluding hydrogens is 224 g/mol. The molecule has 18 heavy (non-hydrogen) atoms. The lowest BCUT2D eigenvalue weighted by Gasteiger charge is -2.06. The van der Waals surface area contributed by atoms with Crippen molar-refractivity contribution in [2.75, 3.05) is 6.54 Å². The molecule has 0 aliphatic heterocycles. The fraction of sp³-hybridized carbons (Fsp3) is 0.400. The number of H-pyrrole nitrogens is 1. The van der Waals surface area contributed by atoms with E-state index in [0.717, 1.165) is 11.9 Å². The highest BCUT2D eigenvalue weighted by molar-refractivity contribution is 5.83. The van der Waals surface area contributed by atoms with E-state index in [1.54, 1.807) is 0 Å². The van der Waals surface area contributed by atoms with Gasteiger partial charge in [0.15, 0.2) is 0 Å². The van der Waals surface area contributed by atoms with Crippen molar-refractivity contribution in [1.82, 2.24) is 10.3 Å². The van der Waals surface area contributed by atoms with Gasteiger partial charge in [-0.15, -0.1) is 0 Å². The first kappa shape index (κ1) is 12.7. The Balaban J connectivity index is 1.89. The Morgan fingerprint density at radius 1 is 1.33 bits per heavy atom. The number of amides is 1. The molecule has 0 unspecified atom stereocenters. The second-order valence-electron chi connectivity index (χ2n) is 5.06. The van der Waals surface area contributed by atoms with Crippen LogP contribution in [0.3, 0.4) is 0 Å². The third-order valence-electron chi connectivity index (χ3n) is 2.99. The van der Waals surface area contributed by atoms with Gasteiger partial charge in [0.25, 0.3) is 0 Å². The summed E-state index contributed by atoms with van der Waals surface area (Å²) in [6.07, 6.45) is 3.50. The van der Waals surface area contributed by atoms with Gasteiger partial charge in [-0.05, 0) is 24.0 Å². The summed E-state index contributed by atoms with van der Waals surface area (Å²) < 4.78 is 0. The van der Waals surface area contributed by atoms with E-state index in [2.05, 4.69) is 36.3 Å². The Labute approximate surface area is 108 Å². The molecule has 2 rings (SSSR count). The van der Waals surface area contributed by atoms with Crippen molar-refractivity contribution in [2.24, 2.45) is 5.92 Å². The molecule has 0 bridgehead atoms. The largest absolute Gasteiger partial charge is 0.361 e. The minimum Gasteiger partial charge on any atom is -0.361 e. The molecule has 0 spiro atoms. The Morgan fingerprint density at radius 3 is 2.89 bits per heavy atom. The zero-order chi connectivity index (χ0) is 13.0. The molecule has 3 nitrogen and oxygen atoms in total. The van der Waals surface area contributed by atoms with E-state index < -0.39 is 0 Å². The predicted octanol–water partition coefficient (Wildman–Crippen LogP) is 2.87. The van der Waals surface area contributed by atoms with E-state index in [4.69, 9.17) is 0 Å². The number of aromatic nitrogens is 1. The molecule has 0 saturated heterocycles. The summed E-state index contributed by atoms with van der Waals surface area (Å²) >= 11 is 0. The predicted molar refractivity (Wildman–Crippen MR) is 74.5 cm³/mol. The van der Waals surface area contributed by atoms with Gasteiger partial charge in [0.05, 0.1) is 0 Å². The van der Waals surface area contributed by atoms with Gasteiger partial charge in [0.2, 0.25) is 5.91 Å². The highest BCUT2D eigenvalue weighted by Crippen LogP contribution is 2.17. The fourth-order valence-corrected chi connectivity index (χ4v) is 2.12. The quantitative estimate of drug-likeness (QED) is 0.834. The van der Waals surface area contributed by atoms with E-state index in [1.807, 2.05) is 18.3 Å². The maximum absolute atomic E-state index is 11.5. The van der Waals surface area contributed by atoms with Gasteiger partial charge >= 0.3 is 0 Å². The van der Waals surface area contributed by atoms with E-state index in [1.165, 1.54) is 10.9 Å². The van der Waals surface area contributed by atoms with Crippen LogP contribution in [0.25, 0.3) is 10.9 Å². The molecule has 3 heteroatoms. The second kappa shape index (κ2) is 5.71. The number of rotatable bonds is 5. The summed E-state index contributed by atoms with van der Waals surface area (Å²) in [4.78, 5) is 14.8. The van der Waals surface area contributed by atoms with E-state index in [-0.39, 0.29) is 5.91 Å². The summed E-state index contributed by atoms with van der Waals surface area (Å²) in [7, 11) is 0. The zero-order valence-electron chi connectivity index (χ0n) is 11.0. The first-order valence-electron chi connectivity index (χ1n) is 6.48. The van der Waals surface area contributed by atoms with Crippen LogP contribution in [0, 0.1) is 5.92 Å². The van der Waals surface area contributed by atoms with Gasteiger partial charge in [-0.25, -0.2) is 0 Å². The van der Waals surface area contributed by atoms with Crippen LogP contribution in [0.1, 0.15) is 25.8 Å². The smallest absolute Gasteiger partial charge is 0.220 e. The van der Waals surface area contributed by atoms with Crippen LogP contribution in [-0.4, -0.2) is 17.4 Å². The van der Waals surface area contributed by atoms with Crippen molar-refractivity contribution in [3.8, 4) is 0 Å². The van der Waals surface area contributed by atoms with Gasteiger partial charge in [0.1, 0.15) is 0 Å². The van der Waals surface area contributed by atoms with Crippen molar-refractivity contribution in [3.63, 3.8) is 0 Å². The lowest BCUT2D eigenvalue weighted by molar-refractivity contribution is -0.121. The highest BCUT2D eigenvalue weighted by atomic mass is 16.1. The zero-order valence-corrected chi connectivity index (χ0v) is 11.0. The van der Waals surface area contributed by atoms with Gasteiger partial charge in [-0.2, -0.15) is 0 Å². The number of para-hydroxylation sites is 1. The molecule has 1 aromatic carbocycles. The number of fused-ring (bicyclic) bond motifs is 1. The number of benzene rings is 1. The number of aromatic amines is 1. The number of nitrogens with one attached hydrogen (secondary N) is 2. The number of hydrogen-bond acceptors (Lipinski definition) is 1. The number of carbonyl (C=O) groups is 1. The van der Waals surface area contributed by atoms with Crippen molar-refractivity contribution < 1.29 is 4.79 Å². The van der Waals surface area contributed by atoms with E-state index >= 15 is 0 Å². The van der Waals surface area contributed by atoms with Crippen LogP contribution in [0.4, 0.5) is 0 Å². The average molecular weight is 244 g/mol. The fourth-order valence-electron chi connectivity index (χ4n) is 2.12. The van der Waals surface area contributed by atoms with Gasteiger partial charge in [-0.3, -0.25) is 4.79 Å². The molecule has 0 aliphatic carbocycles. The molecule has 0 saturated carbocycles. The summed E-state index contributed by atoms with van der Waals surface area (Å²) in [6.45, 7) is 4.81. The summed E-state index contributed by atoms with van der Waals surface area (Å²) in [5.41, 5.74) is 2.41.